The average Bonchev–Trinajstić information content (AvgIpc) is 3.35. The van der Waals surface area contributed by atoms with Crippen LogP contribution >= 0.6 is 0 Å². The van der Waals surface area contributed by atoms with E-state index in [9.17, 15) is 9.59 Å². The highest BCUT2D eigenvalue weighted by molar-refractivity contribution is 6.08. The highest BCUT2D eigenvalue weighted by atomic mass is 16.5. The number of aromatic nitrogens is 1. The lowest BCUT2D eigenvalue weighted by Gasteiger charge is -2.42. The van der Waals surface area contributed by atoms with Gasteiger partial charge in [-0.2, -0.15) is 0 Å². The molecular weight excluding hydrogens is 452 g/mol. The van der Waals surface area contributed by atoms with Gasteiger partial charge in [0, 0.05) is 29.6 Å². The van der Waals surface area contributed by atoms with Crippen LogP contribution < -0.4 is 4.74 Å². The van der Waals surface area contributed by atoms with Gasteiger partial charge in [0.25, 0.3) is 5.91 Å². The van der Waals surface area contributed by atoms with Crippen LogP contribution in [0.3, 0.4) is 0 Å². The average molecular weight is 487 g/mol. The molecule has 4 heterocycles. The fraction of sp³-hybridized carbons (Fsp3) is 0.448. The van der Waals surface area contributed by atoms with E-state index in [0.717, 1.165) is 59.5 Å². The number of hydrogen-bond acceptors (Lipinski definition) is 4. The van der Waals surface area contributed by atoms with Crippen molar-refractivity contribution < 1.29 is 14.3 Å². The molecule has 6 rings (SSSR count). The molecule has 2 fully saturated rings. The minimum Gasteiger partial charge on any atom is -0.497 e. The summed E-state index contributed by atoms with van der Waals surface area (Å²) in [5, 5.41) is 1.05. The van der Waals surface area contributed by atoms with Crippen molar-refractivity contribution in [1.82, 2.24) is 19.7 Å². The number of ether oxygens (including phenoxy) is 1. The van der Waals surface area contributed by atoms with E-state index < -0.39 is 5.54 Å². The number of urea groups is 1. The van der Waals surface area contributed by atoms with Crippen LogP contribution in [-0.4, -0.2) is 70.4 Å². The molecule has 3 amide bonds. The van der Waals surface area contributed by atoms with E-state index in [1.807, 2.05) is 60.4 Å². The number of likely N-dealkylation sites (tertiary alicyclic amines) is 1. The van der Waals surface area contributed by atoms with Crippen molar-refractivity contribution in [2.45, 2.75) is 50.6 Å². The zero-order valence-electron chi connectivity index (χ0n) is 21.1. The molecule has 1 N–H and O–H groups in total. The van der Waals surface area contributed by atoms with Gasteiger partial charge in [0.2, 0.25) is 0 Å². The maximum Gasteiger partial charge on any atom is 0.328 e. The lowest BCUT2D eigenvalue weighted by molar-refractivity contribution is -0.133. The first-order valence-corrected chi connectivity index (χ1v) is 13.1. The van der Waals surface area contributed by atoms with Gasteiger partial charge in [-0.3, -0.25) is 14.6 Å². The van der Waals surface area contributed by atoms with Crippen LogP contribution in [0.4, 0.5) is 4.79 Å². The van der Waals surface area contributed by atoms with E-state index in [2.05, 4.69) is 9.88 Å². The van der Waals surface area contributed by atoms with Gasteiger partial charge >= 0.3 is 6.03 Å². The molecule has 1 aromatic heterocycles. The molecule has 0 radical (unpaired) electrons. The van der Waals surface area contributed by atoms with Gasteiger partial charge in [-0.25, -0.2) is 4.79 Å². The molecule has 3 aliphatic rings. The monoisotopic (exact) mass is 486 g/mol. The molecule has 0 aliphatic carbocycles. The molecule has 2 aromatic carbocycles. The number of benzene rings is 2. The number of methoxy groups -OCH3 is 1. The number of fused-ring (bicyclic) bond motifs is 4. The molecule has 2 saturated heterocycles. The minimum absolute atomic E-state index is 0.0880. The third kappa shape index (κ3) is 3.60. The second-order valence-corrected chi connectivity index (χ2v) is 10.6. The Bertz CT molecular complexity index is 1300. The number of nitrogens with zero attached hydrogens (tertiary/aromatic N) is 3. The van der Waals surface area contributed by atoms with Crippen LogP contribution in [-0.2, 0) is 11.2 Å². The summed E-state index contributed by atoms with van der Waals surface area (Å²) >= 11 is 0. The number of piperidine rings is 1. The molecule has 0 saturated carbocycles. The summed E-state index contributed by atoms with van der Waals surface area (Å²) in [6.07, 6.45) is 5.06. The van der Waals surface area contributed by atoms with Crippen LogP contribution in [0.2, 0.25) is 0 Å². The van der Waals surface area contributed by atoms with Gasteiger partial charge in [0.05, 0.1) is 7.11 Å². The summed E-state index contributed by atoms with van der Waals surface area (Å²) in [5.74, 6) is 0.691. The molecule has 188 valence electrons. The summed E-state index contributed by atoms with van der Waals surface area (Å²) in [6, 6.07) is 15.5. The maximum absolute atomic E-state index is 13.9. The van der Waals surface area contributed by atoms with E-state index in [4.69, 9.17) is 4.74 Å². The summed E-state index contributed by atoms with van der Waals surface area (Å²) in [4.78, 5) is 37.3. The predicted octanol–water partition coefficient (Wildman–Crippen LogP) is 4.72. The molecule has 0 bridgehead atoms. The van der Waals surface area contributed by atoms with Crippen molar-refractivity contribution in [3.8, 4) is 5.75 Å². The van der Waals surface area contributed by atoms with Crippen molar-refractivity contribution >= 4 is 22.8 Å². The summed E-state index contributed by atoms with van der Waals surface area (Å²) in [7, 11) is 1.66. The van der Waals surface area contributed by atoms with E-state index >= 15 is 0 Å². The van der Waals surface area contributed by atoms with Crippen molar-refractivity contribution in [3.05, 3.63) is 65.4 Å². The van der Waals surface area contributed by atoms with Gasteiger partial charge in [0.15, 0.2) is 0 Å². The second-order valence-electron chi connectivity index (χ2n) is 10.6. The Labute approximate surface area is 212 Å². The number of imide groups is 1. The molecule has 7 nitrogen and oxygen atoms in total. The zero-order valence-corrected chi connectivity index (χ0v) is 21.1. The highest BCUT2D eigenvalue weighted by Gasteiger charge is 2.60. The van der Waals surface area contributed by atoms with Crippen LogP contribution in [0.15, 0.2) is 48.5 Å². The molecule has 3 aromatic rings. The first-order valence-electron chi connectivity index (χ1n) is 13.1. The molecule has 2 atom stereocenters. The third-order valence-corrected chi connectivity index (χ3v) is 8.29. The van der Waals surface area contributed by atoms with Crippen molar-refractivity contribution in [3.63, 3.8) is 0 Å². The second kappa shape index (κ2) is 8.96. The number of amides is 3. The Morgan fingerprint density at radius 2 is 1.81 bits per heavy atom. The maximum atomic E-state index is 13.9. The SMILES string of the molecule is COc1ccc2[nH]c3c(c2c1)C[C@@]1(C)C(=O)N(CCCN2CCCCC2)C(=O)N1[C@@H]3c1ccccc1. The van der Waals surface area contributed by atoms with Gasteiger partial charge in [-0.15, -0.1) is 0 Å². The topological polar surface area (TPSA) is 68.9 Å². The molecule has 3 aliphatic heterocycles. The van der Waals surface area contributed by atoms with E-state index in [0.29, 0.717) is 13.0 Å². The first kappa shape index (κ1) is 23.1. The Morgan fingerprint density at radius 1 is 1.03 bits per heavy atom. The largest absolute Gasteiger partial charge is 0.497 e. The van der Waals surface area contributed by atoms with Gasteiger partial charge in [-0.05, 0) is 75.1 Å². The molecule has 0 spiro atoms. The van der Waals surface area contributed by atoms with Crippen molar-refractivity contribution in [1.29, 1.82) is 0 Å². The number of carbonyl (C=O) groups is 2. The molecule has 36 heavy (non-hydrogen) atoms. The van der Waals surface area contributed by atoms with Gasteiger partial charge in [0.1, 0.15) is 17.3 Å². The van der Waals surface area contributed by atoms with Crippen LogP contribution in [0, 0.1) is 0 Å². The normalized spacial score (nSPS) is 24.3. The Balaban J connectivity index is 1.38. The first-order chi connectivity index (χ1) is 17.5. The van der Waals surface area contributed by atoms with Gasteiger partial charge in [-0.1, -0.05) is 36.8 Å². The van der Waals surface area contributed by atoms with E-state index in [1.54, 1.807) is 7.11 Å². The van der Waals surface area contributed by atoms with Crippen molar-refractivity contribution in [2.75, 3.05) is 33.3 Å². The molecule has 7 heteroatoms. The van der Waals surface area contributed by atoms with Gasteiger partial charge < -0.3 is 14.6 Å². The third-order valence-electron chi connectivity index (χ3n) is 8.29. The van der Waals surface area contributed by atoms with Crippen LogP contribution in [0.5, 0.6) is 5.75 Å². The van der Waals surface area contributed by atoms with Crippen LogP contribution in [0.1, 0.15) is 55.5 Å². The number of nitrogens with one attached hydrogen (secondary N) is 1. The highest BCUT2D eigenvalue weighted by Crippen LogP contribution is 2.49. The number of carbonyl (C=O) groups excluding carboxylic acids is 2. The summed E-state index contributed by atoms with van der Waals surface area (Å²) < 4.78 is 5.50. The fourth-order valence-electron chi connectivity index (χ4n) is 6.43. The Morgan fingerprint density at radius 3 is 2.56 bits per heavy atom. The number of H-pyrrole nitrogens is 1. The standard InChI is InChI=1S/C29H34N4O3/c1-29-19-23-22-18-21(36-2)12-13-24(22)30-25(23)26(20-10-5-3-6-11-20)33(29)28(35)32(27(29)34)17-9-16-31-14-7-4-8-15-31/h3,5-6,10-13,18,26,30H,4,7-9,14-17,19H2,1-2H3/t26-,29+/m1/s1. The molecular formula is C29H34N4O3. The quantitative estimate of drug-likeness (QED) is 0.512. The van der Waals surface area contributed by atoms with E-state index in [1.165, 1.54) is 24.2 Å². The minimum atomic E-state index is -0.937. The Kier molecular flexibility index (Phi) is 5.75. The zero-order chi connectivity index (χ0) is 24.9. The molecule has 0 unspecified atom stereocenters. The van der Waals surface area contributed by atoms with E-state index in [-0.39, 0.29) is 18.0 Å². The predicted molar refractivity (Wildman–Crippen MR) is 139 cm³/mol. The smallest absolute Gasteiger partial charge is 0.328 e. The summed E-state index contributed by atoms with van der Waals surface area (Å²) in [6.45, 7) is 5.57. The van der Waals surface area contributed by atoms with Crippen molar-refractivity contribution in [2.24, 2.45) is 0 Å². The number of hydrogen-bond donors (Lipinski definition) is 1. The summed E-state index contributed by atoms with van der Waals surface area (Å²) in [5.41, 5.74) is 3.13. The Hall–Kier alpha value is -3.32. The number of aromatic amines is 1. The lowest BCUT2D eigenvalue weighted by atomic mass is 9.81. The lowest BCUT2D eigenvalue weighted by Crippen LogP contribution is -2.53. The fourth-order valence-corrected chi connectivity index (χ4v) is 6.43. The number of rotatable bonds is 6. The van der Waals surface area contributed by atoms with Crippen LogP contribution in [0.25, 0.3) is 10.9 Å².